The van der Waals surface area contributed by atoms with Gasteiger partial charge in [-0.05, 0) is 6.42 Å². The predicted molar refractivity (Wildman–Crippen MR) is 44.9 cm³/mol. The average molecular weight is 159 g/mol. The molecule has 0 bridgehead atoms. The highest BCUT2D eigenvalue weighted by Gasteiger charge is 2.14. The predicted octanol–water partition coefficient (Wildman–Crippen LogP) is 1.08. The number of rotatable bonds is 0. The van der Waals surface area contributed by atoms with E-state index in [9.17, 15) is 0 Å². The first-order valence-corrected chi connectivity index (χ1v) is 3.42. The van der Waals surface area contributed by atoms with Crippen molar-refractivity contribution in [1.82, 2.24) is 4.90 Å². The zero-order chi connectivity index (χ0) is 6.10. The molecule has 2 heterocycles. The second kappa shape index (κ2) is 3.06. The topological polar surface area (TPSA) is 15.6 Å². The molecule has 0 aromatic carbocycles. The summed E-state index contributed by atoms with van der Waals surface area (Å²) in [4.78, 5) is 6.57. The lowest BCUT2D eigenvalue weighted by atomic mass is 10.4. The van der Waals surface area contributed by atoms with Gasteiger partial charge in [-0.15, -0.1) is 12.4 Å². The van der Waals surface area contributed by atoms with Crippen molar-refractivity contribution in [2.75, 3.05) is 19.6 Å². The lowest BCUT2D eigenvalue weighted by Crippen LogP contribution is -2.26. The Morgan fingerprint density at radius 1 is 1.40 bits per heavy atom. The van der Waals surface area contributed by atoms with Crippen LogP contribution in [0, 0.1) is 0 Å². The lowest BCUT2D eigenvalue weighted by molar-refractivity contribution is 0.395. The van der Waals surface area contributed by atoms with Gasteiger partial charge in [0.1, 0.15) is 0 Å². The van der Waals surface area contributed by atoms with Gasteiger partial charge in [-0.2, -0.15) is 0 Å². The maximum absolute atomic E-state index is 4.18. The molecule has 2 nitrogen and oxygen atoms in total. The summed E-state index contributed by atoms with van der Waals surface area (Å²) in [5.41, 5.74) is 1.33. The van der Waals surface area contributed by atoms with Gasteiger partial charge in [0, 0.05) is 19.3 Å². The third-order valence-corrected chi connectivity index (χ3v) is 1.84. The molecule has 3 heteroatoms. The van der Waals surface area contributed by atoms with Gasteiger partial charge in [0.05, 0.1) is 12.2 Å². The zero-order valence-electron chi connectivity index (χ0n) is 5.79. The Morgan fingerprint density at radius 2 is 2.30 bits per heavy atom. The molecule has 0 N–H and O–H groups in total. The quantitative estimate of drug-likeness (QED) is 0.515. The van der Waals surface area contributed by atoms with Crippen molar-refractivity contribution in [1.29, 1.82) is 0 Å². The Kier molecular flexibility index (Phi) is 2.33. The fraction of sp³-hybridized carbons (Fsp3) is 0.571. The van der Waals surface area contributed by atoms with E-state index in [1.165, 1.54) is 18.7 Å². The molecule has 0 saturated carbocycles. The number of allylic oxidation sites excluding steroid dienone is 1. The Bertz CT molecular complexity index is 174. The second-order valence-corrected chi connectivity index (χ2v) is 2.44. The average Bonchev–Trinajstić information content (AvgIpc) is 2.33. The molecule has 0 aliphatic carbocycles. The number of halogens is 1. The van der Waals surface area contributed by atoms with Gasteiger partial charge in [-0.3, -0.25) is 4.99 Å². The molecule has 10 heavy (non-hydrogen) atoms. The largest absolute Gasteiger partial charge is 0.368 e. The Morgan fingerprint density at radius 3 is 3.10 bits per heavy atom. The fourth-order valence-electron chi connectivity index (χ4n) is 1.34. The monoisotopic (exact) mass is 158 g/mol. The molecule has 0 unspecified atom stereocenters. The number of fused-ring (bicyclic) bond motifs is 1. The molecular weight excluding hydrogens is 148 g/mol. The van der Waals surface area contributed by atoms with Crippen LogP contribution < -0.4 is 0 Å². The van der Waals surface area contributed by atoms with E-state index < -0.39 is 0 Å². The van der Waals surface area contributed by atoms with Crippen molar-refractivity contribution in [3.05, 3.63) is 11.8 Å². The minimum absolute atomic E-state index is 0. The van der Waals surface area contributed by atoms with E-state index in [4.69, 9.17) is 0 Å². The Labute approximate surface area is 67.0 Å². The first-order valence-electron chi connectivity index (χ1n) is 3.42. The van der Waals surface area contributed by atoms with E-state index in [0.717, 1.165) is 13.1 Å². The van der Waals surface area contributed by atoms with Crippen LogP contribution in [0.25, 0.3) is 0 Å². The summed E-state index contributed by atoms with van der Waals surface area (Å²) in [6.45, 7) is 3.32. The fourth-order valence-corrected chi connectivity index (χ4v) is 1.34. The number of hydrogen-bond acceptors (Lipinski definition) is 2. The summed E-state index contributed by atoms with van der Waals surface area (Å²) in [5, 5.41) is 0. The maximum atomic E-state index is 4.18. The molecule has 0 saturated heterocycles. The van der Waals surface area contributed by atoms with E-state index in [0.29, 0.717) is 0 Å². The third-order valence-electron chi connectivity index (χ3n) is 1.84. The van der Waals surface area contributed by atoms with Crippen LogP contribution in [-0.4, -0.2) is 30.7 Å². The molecule has 2 rings (SSSR count). The lowest BCUT2D eigenvalue weighted by Gasteiger charge is -2.21. The Balaban J connectivity index is 0.000000500. The van der Waals surface area contributed by atoms with Gasteiger partial charge in [-0.1, -0.05) is 6.08 Å². The van der Waals surface area contributed by atoms with E-state index in [1.54, 1.807) is 0 Å². The van der Waals surface area contributed by atoms with Gasteiger partial charge in [0.2, 0.25) is 0 Å². The molecule has 0 fully saturated rings. The minimum Gasteiger partial charge on any atom is -0.368 e. The van der Waals surface area contributed by atoms with Crippen LogP contribution in [0.4, 0.5) is 0 Å². The number of aliphatic imine (C=N–C) groups is 1. The molecule has 56 valence electrons. The Hall–Kier alpha value is -0.500. The molecule has 0 spiro atoms. The number of hydrogen-bond donors (Lipinski definition) is 0. The summed E-state index contributed by atoms with van der Waals surface area (Å²) in [6.07, 6.45) is 5.44. The first-order chi connectivity index (χ1) is 4.47. The van der Waals surface area contributed by atoms with Crippen molar-refractivity contribution < 1.29 is 0 Å². The van der Waals surface area contributed by atoms with Gasteiger partial charge in [-0.25, -0.2) is 0 Å². The molecule has 0 aromatic heterocycles. The molecule has 0 aromatic rings. The van der Waals surface area contributed by atoms with Crippen molar-refractivity contribution >= 4 is 18.6 Å². The summed E-state index contributed by atoms with van der Waals surface area (Å²) >= 11 is 0. The summed E-state index contributed by atoms with van der Waals surface area (Å²) in [7, 11) is 0. The highest BCUT2D eigenvalue weighted by atomic mass is 35.5. The van der Waals surface area contributed by atoms with Crippen LogP contribution in [0.5, 0.6) is 0 Å². The summed E-state index contributed by atoms with van der Waals surface area (Å²) in [5.74, 6) is 0. The first kappa shape index (κ1) is 7.61. The van der Waals surface area contributed by atoms with Gasteiger partial charge in [0.15, 0.2) is 0 Å². The van der Waals surface area contributed by atoms with E-state index in [-0.39, 0.29) is 12.4 Å². The number of nitrogens with zero attached hydrogens (tertiary/aromatic N) is 2. The van der Waals surface area contributed by atoms with Crippen LogP contribution in [-0.2, 0) is 0 Å². The van der Waals surface area contributed by atoms with Crippen LogP contribution in [0.3, 0.4) is 0 Å². The van der Waals surface area contributed by atoms with Crippen LogP contribution in [0.2, 0.25) is 0 Å². The maximum Gasteiger partial charge on any atom is 0.0565 e. The van der Waals surface area contributed by atoms with Crippen molar-refractivity contribution in [3.63, 3.8) is 0 Å². The third kappa shape index (κ3) is 1.16. The molecular formula is C7H11ClN2. The SMILES string of the molecule is C1=NCCN2CCC=C12.Cl. The summed E-state index contributed by atoms with van der Waals surface area (Å²) < 4.78 is 0. The highest BCUT2D eigenvalue weighted by Crippen LogP contribution is 2.14. The van der Waals surface area contributed by atoms with Crippen LogP contribution in [0.15, 0.2) is 16.8 Å². The molecule has 2 aliphatic rings. The van der Waals surface area contributed by atoms with Gasteiger partial charge >= 0.3 is 0 Å². The van der Waals surface area contributed by atoms with Crippen LogP contribution >= 0.6 is 12.4 Å². The zero-order valence-corrected chi connectivity index (χ0v) is 6.60. The molecule has 0 radical (unpaired) electrons. The molecule has 0 atom stereocenters. The summed E-state index contributed by atoms with van der Waals surface area (Å²) in [6, 6.07) is 0. The van der Waals surface area contributed by atoms with E-state index in [1.807, 2.05) is 6.21 Å². The van der Waals surface area contributed by atoms with Crippen LogP contribution in [0.1, 0.15) is 6.42 Å². The molecule has 0 amide bonds. The van der Waals surface area contributed by atoms with Gasteiger partial charge < -0.3 is 4.90 Å². The second-order valence-electron chi connectivity index (χ2n) is 2.44. The van der Waals surface area contributed by atoms with Crippen molar-refractivity contribution in [2.45, 2.75) is 6.42 Å². The van der Waals surface area contributed by atoms with E-state index >= 15 is 0 Å². The standard InChI is InChI=1S/C7H10N2.ClH/c1-2-7-6-8-3-5-9(7)4-1;/h2,6H,1,3-5H2;1H. The minimum atomic E-state index is 0. The van der Waals surface area contributed by atoms with E-state index in [2.05, 4.69) is 16.0 Å². The van der Waals surface area contributed by atoms with Gasteiger partial charge in [0.25, 0.3) is 0 Å². The van der Waals surface area contributed by atoms with Crippen molar-refractivity contribution in [2.24, 2.45) is 4.99 Å². The smallest absolute Gasteiger partial charge is 0.0565 e. The molecule has 2 aliphatic heterocycles. The highest BCUT2D eigenvalue weighted by molar-refractivity contribution is 5.85. The normalized spacial score (nSPS) is 21.6. The van der Waals surface area contributed by atoms with Crippen molar-refractivity contribution in [3.8, 4) is 0 Å².